The first-order chi connectivity index (χ1) is 6.50. The molecule has 2 N–H and O–H groups in total. The normalized spacial score (nSPS) is 60.2. The summed E-state index contributed by atoms with van der Waals surface area (Å²) in [4.78, 5) is 11.5. The molecule has 0 amide bonds. The summed E-state index contributed by atoms with van der Waals surface area (Å²) in [6.07, 6.45) is -1.09. The SMILES string of the molecule is C[C@@]12O[C@@H]1[C@@H](O)[C@]1(O)CCOC(=O)[C@@H]12. The first-order valence-electron chi connectivity index (χ1n) is 4.75. The van der Waals surface area contributed by atoms with Gasteiger partial charge in [-0.1, -0.05) is 0 Å². The Kier molecular flexibility index (Phi) is 1.31. The Bertz CT molecular complexity index is 316. The lowest BCUT2D eigenvalue weighted by Crippen LogP contribution is -2.55. The Morgan fingerprint density at radius 2 is 2.29 bits per heavy atom. The van der Waals surface area contributed by atoms with Gasteiger partial charge in [0.1, 0.15) is 29.3 Å². The Morgan fingerprint density at radius 3 is 2.93 bits per heavy atom. The maximum absolute atomic E-state index is 11.5. The van der Waals surface area contributed by atoms with Crippen molar-refractivity contribution in [3.05, 3.63) is 0 Å². The minimum Gasteiger partial charge on any atom is -0.465 e. The molecular formula is C9H12O5. The number of cyclic esters (lactones) is 1. The molecule has 5 atom stereocenters. The molecule has 14 heavy (non-hydrogen) atoms. The van der Waals surface area contributed by atoms with Crippen molar-refractivity contribution in [3.63, 3.8) is 0 Å². The van der Waals surface area contributed by atoms with E-state index in [1.807, 2.05) is 0 Å². The van der Waals surface area contributed by atoms with E-state index in [2.05, 4.69) is 0 Å². The zero-order chi connectivity index (χ0) is 10.1. The zero-order valence-electron chi connectivity index (χ0n) is 7.77. The number of esters is 1. The van der Waals surface area contributed by atoms with E-state index >= 15 is 0 Å². The van der Waals surface area contributed by atoms with Gasteiger partial charge in [-0.25, -0.2) is 0 Å². The van der Waals surface area contributed by atoms with E-state index < -0.39 is 35.3 Å². The molecule has 2 heterocycles. The number of epoxide rings is 1. The summed E-state index contributed by atoms with van der Waals surface area (Å²) in [5.41, 5.74) is -2.06. The minimum absolute atomic E-state index is 0.172. The van der Waals surface area contributed by atoms with Crippen LogP contribution in [0.1, 0.15) is 13.3 Å². The van der Waals surface area contributed by atoms with Crippen LogP contribution in [0.25, 0.3) is 0 Å². The number of carbonyl (C=O) groups is 1. The van der Waals surface area contributed by atoms with Crippen LogP contribution in [-0.2, 0) is 14.3 Å². The summed E-state index contributed by atoms with van der Waals surface area (Å²) < 4.78 is 10.1. The molecule has 1 saturated carbocycles. The molecule has 0 bridgehead atoms. The Hall–Kier alpha value is -0.650. The quantitative estimate of drug-likeness (QED) is 0.380. The van der Waals surface area contributed by atoms with E-state index in [1.165, 1.54) is 0 Å². The summed E-state index contributed by atoms with van der Waals surface area (Å²) in [6, 6.07) is 0. The molecule has 0 radical (unpaired) electrons. The van der Waals surface area contributed by atoms with Crippen LogP contribution in [0.4, 0.5) is 0 Å². The lowest BCUT2D eigenvalue weighted by molar-refractivity contribution is -0.195. The second kappa shape index (κ2) is 2.13. The van der Waals surface area contributed by atoms with Gasteiger partial charge >= 0.3 is 5.97 Å². The zero-order valence-corrected chi connectivity index (χ0v) is 7.77. The van der Waals surface area contributed by atoms with Gasteiger partial charge in [-0.05, 0) is 6.92 Å². The largest absolute Gasteiger partial charge is 0.465 e. The molecule has 1 aliphatic carbocycles. The second-order valence-electron chi connectivity index (χ2n) is 4.51. The molecule has 5 heteroatoms. The van der Waals surface area contributed by atoms with Gasteiger partial charge in [-0.3, -0.25) is 4.79 Å². The fourth-order valence-corrected chi connectivity index (χ4v) is 2.91. The van der Waals surface area contributed by atoms with Crippen molar-refractivity contribution in [2.75, 3.05) is 6.61 Å². The van der Waals surface area contributed by atoms with Crippen LogP contribution in [0.2, 0.25) is 0 Å². The molecule has 2 saturated heterocycles. The van der Waals surface area contributed by atoms with Crippen molar-refractivity contribution in [1.82, 2.24) is 0 Å². The van der Waals surface area contributed by atoms with Crippen molar-refractivity contribution in [2.45, 2.75) is 36.8 Å². The average Bonchev–Trinajstić information content (AvgIpc) is 2.72. The predicted molar refractivity (Wildman–Crippen MR) is 43.3 cm³/mol. The number of carbonyl (C=O) groups excluding carboxylic acids is 1. The first kappa shape index (κ1) is 8.64. The highest BCUT2D eigenvalue weighted by atomic mass is 16.6. The Labute approximate surface area is 80.6 Å². The Morgan fingerprint density at radius 1 is 1.57 bits per heavy atom. The number of hydrogen-bond acceptors (Lipinski definition) is 5. The minimum atomic E-state index is -1.34. The van der Waals surface area contributed by atoms with Crippen molar-refractivity contribution in [3.8, 4) is 0 Å². The second-order valence-corrected chi connectivity index (χ2v) is 4.51. The molecule has 3 rings (SSSR count). The Balaban J connectivity index is 2.05. The third-order valence-corrected chi connectivity index (χ3v) is 3.74. The molecule has 0 aromatic rings. The van der Waals surface area contributed by atoms with E-state index in [4.69, 9.17) is 9.47 Å². The van der Waals surface area contributed by atoms with Gasteiger partial charge in [-0.15, -0.1) is 0 Å². The number of hydrogen-bond donors (Lipinski definition) is 2. The van der Waals surface area contributed by atoms with E-state index in [9.17, 15) is 15.0 Å². The highest BCUT2D eigenvalue weighted by molar-refractivity contribution is 5.78. The highest BCUT2D eigenvalue weighted by Crippen LogP contribution is 2.60. The van der Waals surface area contributed by atoms with Crippen LogP contribution in [0.3, 0.4) is 0 Å². The van der Waals surface area contributed by atoms with Gasteiger partial charge in [0, 0.05) is 6.42 Å². The maximum atomic E-state index is 11.5. The van der Waals surface area contributed by atoms with Crippen LogP contribution in [0, 0.1) is 5.92 Å². The molecule has 2 aliphatic heterocycles. The molecule has 0 spiro atoms. The number of aliphatic hydroxyl groups excluding tert-OH is 1. The smallest absolute Gasteiger partial charge is 0.315 e. The molecule has 0 unspecified atom stereocenters. The van der Waals surface area contributed by atoms with Gasteiger partial charge in [0.2, 0.25) is 0 Å². The molecule has 0 aromatic carbocycles. The van der Waals surface area contributed by atoms with Crippen molar-refractivity contribution in [1.29, 1.82) is 0 Å². The van der Waals surface area contributed by atoms with Crippen molar-refractivity contribution < 1.29 is 24.5 Å². The highest BCUT2D eigenvalue weighted by Gasteiger charge is 2.79. The van der Waals surface area contributed by atoms with Crippen molar-refractivity contribution in [2.24, 2.45) is 5.92 Å². The standard InChI is InChI=1S/C9H12O5/c1-8-4-7(11)13-3-2-9(4,12)5(10)6(8)14-8/h4-6,10,12H,2-3H2,1H3/t4-,5-,6-,8+,9+/m1/s1. The fourth-order valence-electron chi connectivity index (χ4n) is 2.91. The van der Waals surface area contributed by atoms with Gasteiger partial charge in [-0.2, -0.15) is 0 Å². The van der Waals surface area contributed by atoms with Gasteiger partial charge < -0.3 is 19.7 Å². The summed E-state index contributed by atoms with van der Waals surface area (Å²) >= 11 is 0. The van der Waals surface area contributed by atoms with Gasteiger partial charge in [0.05, 0.1) is 6.61 Å². The van der Waals surface area contributed by atoms with Gasteiger partial charge in [0.15, 0.2) is 0 Å². The third-order valence-electron chi connectivity index (χ3n) is 3.74. The molecule has 3 fully saturated rings. The van der Waals surface area contributed by atoms with E-state index in [0.717, 1.165) is 0 Å². The average molecular weight is 200 g/mol. The molecular weight excluding hydrogens is 188 g/mol. The van der Waals surface area contributed by atoms with E-state index in [-0.39, 0.29) is 6.61 Å². The fraction of sp³-hybridized carbons (Fsp3) is 0.889. The number of fused-ring (bicyclic) bond motifs is 3. The lowest BCUT2D eigenvalue weighted by Gasteiger charge is -2.38. The lowest BCUT2D eigenvalue weighted by atomic mass is 9.80. The van der Waals surface area contributed by atoms with E-state index in [0.29, 0.717) is 6.42 Å². The summed E-state index contributed by atoms with van der Waals surface area (Å²) in [5.74, 6) is -1.19. The van der Waals surface area contributed by atoms with Crippen LogP contribution in [0.5, 0.6) is 0 Å². The monoisotopic (exact) mass is 200 g/mol. The summed E-state index contributed by atoms with van der Waals surface area (Å²) in [5, 5.41) is 20.0. The molecule has 3 aliphatic rings. The number of rotatable bonds is 0. The first-order valence-corrected chi connectivity index (χ1v) is 4.75. The van der Waals surface area contributed by atoms with Crippen molar-refractivity contribution >= 4 is 5.97 Å². The third kappa shape index (κ3) is 0.711. The van der Waals surface area contributed by atoms with Crippen LogP contribution < -0.4 is 0 Å². The topological polar surface area (TPSA) is 79.3 Å². The van der Waals surface area contributed by atoms with E-state index in [1.54, 1.807) is 6.92 Å². The maximum Gasteiger partial charge on any atom is 0.315 e. The predicted octanol–water partition coefficient (Wildman–Crippen LogP) is -1.19. The van der Waals surface area contributed by atoms with Crippen LogP contribution in [-0.4, -0.2) is 46.2 Å². The molecule has 5 nitrogen and oxygen atoms in total. The van der Waals surface area contributed by atoms with Crippen LogP contribution >= 0.6 is 0 Å². The van der Waals surface area contributed by atoms with Crippen LogP contribution in [0.15, 0.2) is 0 Å². The molecule has 0 aromatic heterocycles. The number of ether oxygens (including phenoxy) is 2. The van der Waals surface area contributed by atoms with Gasteiger partial charge in [0.25, 0.3) is 0 Å². The molecule has 78 valence electrons. The summed E-state index contributed by atoms with van der Waals surface area (Å²) in [7, 11) is 0. The summed E-state index contributed by atoms with van der Waals surface area (Å²) in [6.45, 7) is 1.90. The number of aliphatic hydroxyl groups is 2.